The summed E-state index contributed by atoms with van der Waals surface area (Å²) < 4.78 is 13.4. The lowest BCUT2D eigenvalue weighted by Crippen LogP contribution is -2.20. The second kappa shape index (κ2) is 5.98. The lowest BCUT2D eigenvalue weighted by Gasteiger charge is -2.04. The van der Waals surface area contributed by atoms with Crippen LogP contribution in [-0.4, -0.2) is 17.1 Å². The van der Waals surface area contributed by atoms with Gasteiger partial charge >= 0.3 is 0 Å². The standard InChI is InChI=1S/C10H12FNS2/c1-14-10(13)12-7-6-8-2-4-9(11)5-3-8/h2-5H,6-7H2,1H3,(H,12,13). The first-order valence-electron chi connectivity index (χ1n) is 4.28. The first-order valence-corrected chi connectivity index (χ1v) is 5.92. The molecule has 0 unspecified atom stereocenters. The SMILES string of the molecule is CSC(=S)NCCc1ccc(F)cc1. The monoisotopic (exact) mass is 229 g/mol. The normalized spacial score (nSPS) is 9.86. The fraction of sp³-hybridized carbons (Fsp3) is 0.300. The Labute approximate surface area is 93.1 Å². The highest BCUT2D eigenvalue weighted by atomic mass is 32.2. The van der Waals surface area contributed by atoms with Crippen LogP contribution in [0.1, 0.15) is 5.56 Å². The molecule has 0 spiro atoms. The summed E-state index contributed by atoms with van der Waals surface area (Å²) in [5, 5.41) is 3.10. The van der Waals surface area contributed by atoms with Gasteiger partial charge in [0.05, 0.1) is 0 Å². The summed E-state index contributed by atoms with van der Waals surface area (Å²) in [5.74, 6) is -0.193. The molecule has 0 bridgehead atoms. The number of hydrogen-bond donors (Lipinski definition) is 1. The van der Waals surface area contributed by atoms with Gasteiger partial charge in [-0.25, -0.2) is 4.39 Å². The van der Waals surface area contributed by atoms with Gasteiger partial charge < -0.3 is 5.32 Å². The summed E-state index contributed by atoms with van der Waals surface area (Å²) >= 11 is 6.51. The van der Waals surface area contributed by atoms with Crippen LogP contribution in [0.4, 0.5) is 4.39 Å². The molecule has 4 heteroatoms. The Hall–Kier alpha value is -0.610. The molecule has 1 rings (SSSR count). The Bertz CT molecular complexity index is 297. The zero-order valence-electron chi connectivity index (χ0n) is 7.92. The van der Waals surface area contributed by atoms with Crippen LogP contribution in [0.25, 0.3) is 0 Å². The number of halogens is 1. The third-order valence-electron chi connectivity index (χ3n) is 1.78. The average molecular weight is 229 g/mol. The molecule has 1 N–H and O–H groups in total. The predicted molar refractivity (Wildman–Crippen MR) is 64.2 cm³/mol. The Morgan fingerprint density at radius 2 is 2.07 bits per heavy atom. The van der Waals surface area contributed by atoms with Crippen molar-refractivity contribution >= 4 is 28.3 Å². The fourth-order valence-electron chi connectivity index (χ4n) is 1.03. The summed E-state index contributed by atoms with van der Waals surface area (Å²) in [6.45, 7) is 0.797. The van der Waals surface area contributed by atoms with E-state index in [0.29, 0.717) is 0 Å². The number of rotatable bonds is 3. The maximum Gasteiger partial charge on any atom is 0.133 e. The average Bonchev–Trinajstić information content (AvgIpc) is 2.21. The van der Waals surface area contributed by atoms with E-state index in [1.807, 2.05) is 6.26 Å². The quantitative estimate of drug-likeness (QED) is 0.800. The van der Waals surface area contributed by atoms with Gasteiger partial charge in [0.2, 0.25) is 0 Å². The summed E-state index contributed by atoms with van der Waals surface area (Å²) in [6, 6.07) is 6.53. The molecule has 0 radical (unpaired) electrons. The third kappa shape index (κ3) is 4.07. The van der Waals surface area contributed by atoms with E-state index in [1.165, 1.54) is 23.9 Å². The topological polar surface area (TPSA) is 12.0 Å². The van der Waals surface area contributed by atoms with Crippen LogP contribution in [0.2, 0.25) is 0 Å². The highest BCUT2D eigenvalue weighted by Crippen LogP contribution is 2.03. The lowest BCUT2D eigenvalue weighted by atomic mass is 10.1. The number of thiocarbonyl (C=S) groups is 1. The van der Waals surface area contributed by atoms with Gasteiger partial charge in [-0.2, -0.15) is 0 Å². The Morgan fingerprint density at radius 3 is 2.64 bits per heavy atom. The van der Waals surface area contributed by atoms with Gasteiger partial charge in [-0.3, -0.25) is 0 Å². The minimum atomic E-state index is -0.193. The van der Waals surface area contributed by atoms with Crippen molar-refractivity contribution in [3.8, 4) is 0 Å². The van der Waals surface area contributed by atoms with E-state index in [0.717, 1.165) is 22.8 Å². The number of benzene rings is 1. The molecule has 0 fully saturated rings. The molecule has 0 saturated carbocycles. The number of thioether (sulfide) groups is 1. The largest absolute Gasteiger partial charge is 0.371 e. The van der Waals surface area contributed by atoms with Crippen LogP contribution < -0.4 is 5.32 Å². The summed E-state index contributed by atoms with van der Waals surface area (Å²) in [7, 11) is 0. The van der Waals surface area contributed by atoms with Crippen molar-refractivity contribution in [2.75, 3.05) is 12.8 Å². The minimum Gasteiger partial charge on any atom is -0.371 e. The molecule has 0 aromatic heterocycles. The van der Waals surface area contributed by atoms with Crippen LogP contribution in [0.5, 0.6) is 0 Å². The summed E-state index contributed by atoms with van der Waals surface area (Å²) in [6.07, 6.45) is 2.80. The molecule has 76 valence electrons. The zero-order valence-corrected chi connectivity index (χ0v) is 9.55. The molecule has 0 amide bonds. The number of hydrogen-bond acceptors (Lipinski definition) is 2. The van der Waals surface area contributed by atoms with Crippen molar-refractivity contribution in [3.63, 3.8) is 0 Å². The second-order valence-corrected chi connectivity index (χ2v) is 4.28. The molecule has 0 heterocycles. The van der Waals surface area contributed by atoms with E-state index in [-0.39, 0.29) is 5.82 Å². The molecule has 0 aliphatic heterocycles. The van der Waals surface area contributed by atoms with E-state index >= 15 is 0 Å². The van der Waals surface area contributed by atoms with E-state index in [1.54, 1.807) is 12.1 Å². The second-order valence-electron chi connectivity index (χ2n) is 2.79. The molecule has 0 atom stereocenters. The van der Waals surface area contributed by atoms with Gasteiger partial charge in [-0.05, 0) is 30.4 Å². The highest BCUT2D eigenvalue weighted by molar-refractivity contribution is 8.22. The van der Waals surface area contributed by atoms with E-state index in [9.17, 15) is 4.39 Å². The van der Waals surface area contributed by atoms with Crippen molar-refractivity contribution in [1.29, 1.82) is 0 Å². The Kier molecular flexibility index (Phi) is 4.90. The lowest BCUT2D eigenvalue weighted by molar-refractivity contribution is 0.627. The van der Waals surface area contributed by atoms with Gasteiger partial charge in [0.15, 0.2) is 0 Å². The molecular formula is C10H12FNS2. The van der Waals surface area contributed by atoms with Crippen molar-refractivity contribution < 1.29 is 4.39 Å². The molecule has 0 aliphatic carbocycles. The van der Waals surface area contributed by atoms with E-state index in [4.69, 9.17) is 12.2 Å². The molecular weight excluding hydrogens is 217 g/mol. The summed E-state index contributed by atoms with van der Waals surface area (Å²) in [4.78, 5) is 0. The molecule has 0 aliphatic rings. The fourth-order valence-corrected chi connectivity index (χ4v) is 1.38. The van der Waals surface area contributed by atoms with Gasteiger partial charge in [-0.15, -0.1) is 11.8 Å². The van der Waals surface area contributed by atoms with Gasteiger partial charge in [0.25, 0.3) is 0 Å². The maximum absolute atomic E-state index is 12.6. The van der Waals surface area contributed by atoms with Crippen LogP contribution in [-0.2, 0) is 6.42 Å². The minimum absolute atomic E-state index is 0.193. The molecule has 1 nitrogen and oxygen atoms in total. The first-order chi connectivity index (χ1) is 6.72. The van der Waals surface area contributed by atoms with Gasteiger partial charge in [0.1, 0.15) is 10.1 Å². The molecule has 14 heavy (non-hydrogen) atoms. The van der Waals surface area contributed by atoms with Crippen molar-refractivity contribution in [2.24, 2.45) is 0 Å². The molecule has 1 aromatic rings. The summed E-state index contributed by atoms with van der Waals surface area (Å²) in [5.41, 5.74) is 1.11. The van der Waals surface area contributed by atoms with Crippen LogP contribution >= 0.6 is 24.0 Å². The van der Waals surface area contributed by atoms with Crippen molar-refractivity contribution in [3.05, 3.63) is 35.6 Å². The Balaban J connectivity index is 2.31. The number of nitrogens with one attached hydrogen (secondary N) is 1. The van der Waals surface area contributed by atoms with Gasteiger partial charge in [-0.1, -0.05) is 24.4 Å². The maximum atomic E-state index is 12.6. The zero-order chi connectivity index (χ0) is 10.4. The smallest absolute Gasteiger partial charge is 0.133 e. The van der Waals surface area contributed by atoms with Crippen molar-refractivity contribution in [1.82, 2.24) is 5.32 Å². The third-order valence-corrected chi connectivity index (χ3v) is 2.94. The molecule has 0 saturated heterocycles. The van der Waals surface area contributed by atoms with Crippen LogP contribution in [0, 0.1) is 5.82 Å². The first kappa shape index (κ1) is 11.5. The van der Waals surface area contributed by atoms with E-state index < -0.39 is 0 Å². The van der Waals surface area contributed by atoms with Crippen LogP contribution in [0.3, 0.4) is 0 Å². The van der Waals surface area contributed by atoms with E-state index in [2.05, 4.69) is 5.32 Å². The molecule has 1 aromatic carbocycles. The predicted octanol–water partition coefficient (Wildman–Crippen LogP) is 2.61. The Morgan fingerprint density at radius 1 is 1.43 bits per heavy atom. The highest BCUT2D eigenvalue weighted by Gasteiger charge is 1.95. The van der Waals surface area contributed by atoms with Gasteiger partial charge in [0, 0.05) is 6.54 Å². The van der Waals surface area contributed by atoms with Crippen LogP contribution in [0.15, 0.2) is 24.3 Å². The van der Waals surface area contributed by atoms with Crippen molar-refractivity contribution in [2.45, 2.75) is 6.42 Å².